The number of likely N-dealkylation sites (tertiary alicyclic amines) is 1. The number of urea groups is 1. The molecule has 0 radical (unpaired) electrons. The second-order valence-electron chi connectivity index (χ2n) is 5.90. The van der Waals surface area contributed by atoms with Gasteiger partial charge in [0, 0.05) is 32.0 Å². The van der Waals surface area contributed by atoms with Gasteiger partial charge in [-0.3, -0.25) is 4.79 Å². The van der Waals surface area contributed by atoms with Crippen molar-refractivity contribution in [3.8, 4) is 5.69 Å². The fraction of sp³-hybridized carbons (Fsp3) is 0.353. The lowest BCUT2D eigenvalue weighted by Crippen LogP contribution is -2.46. The first-order chi connectivity index (χ1) is 11.6. The van der Waals surface area contributed by atoms with Gasteiger partial charge in [-0.15, -0.1) is 0 Å². The molecule has 3 rings (SSSR count). The van der Waals surface area contributed by atoms with Crippen molar-refractivity contribution in [1.82, 2.24) is 20.0 Å². The topological polar surface area (TPSA) is 87.5 Å². The Hall–Kier alpha value is -2.83. The third kappa shape index (κ3) is 3.73. The molecule has 1 atom stereocenters. The SMILES string of the molecule is O=C(O)C1CCCN(C(=O)NCc2ccc(-n3cccn3)cc2)C1. The third-order valence-electron chi connectivity index (χ3n) is 4.21. The van der Waals surface area contributed by atoms with Crippen molar-refractivity contribution in [2.75, 3.05) is 13.1 Å². The summed E-state index contributed by atoms with van der Waals surface area (Å²) in [6.07, 6.45) is 4.94. The van der Waals surface area contributed by atoms with Crippen LogP contribution in [-0.2, 0) is 11.3 Å². The number of carboxylic acid groups (broad SMARTS) is 1. The number of carbonyl (C=O) groups excluding carboxylic acids is 1. The van der Waals surface area contributed by atoms with Crippen LogP contribution in [0.2, 0.25) is 0 Å². The van der Waals surface area contributed by atoms with Crippen LogP contribution in [0.5, 0.6) is 0 Å². The predicted molar refractivity (Wildman–Crippen MR) is 87.7 cm³/mol. The first kappa shape index (κ1) is 16.0. The van der Waals surface area contributed by atoms with Crippen molar-refractivity contribution in [3.63, 3.8) is 0 Å². The molecule has 7 heteroatoms. The number of aliphatic carboxylic acids is 1. The van der Waals surface area contributed by atoms with E-state index >= 15 is 0 Å². The molecule has 1 aromatic heterocycles. The molecule has 1 fully saturated rings. The maximum absolute atomic E-state index is 12.2. The van der Waals surface area contributed by atoms with E-state index in [1.807, 2.05) is 36.5 Å². The zero-order valence-corrected chi connectivity index (χ0v) is 13.3. The van der Waals surface area contributed by atoms with Gasteiger partial charge in [-0.25, -0.2) is 9.48 Å². The molecule has 0 saturated carbocycles. The van der Waals surface area contributed by atoms with Crippen LogP contribution in [0, 0.1) is 5.92 Å². The van der Waals surface area contributed by atoms with Gasteiger partial charge in [0.15, 0.2) is 0 Å². The first-order valence-corrected chi connectivity index (χ1v) is 7.98. The largest absolute Gasteiger partial charge is 0.481 e. The van der Waals surface area contributed by atoms with E-state index in [2.05, 4.69) is 10.4 Å². The highest BCUT2D eigenvalue weighted by atomic mass is 16.4. The summed E-state index contributed by atoms with van der Waals surface area (Å²) in [5, 5.41) is 16.1. The molecular formula is C17H20N4O3. The molecule has 2 aromatic rings. The summed E-state index contributed by atoms with van der Waals surface area (Å²) in [7, 11) is 0. The number of nitrogens with one attached hydrogen (secondary N) is 1. The maximum Gasteiger partial charge on any atom is 0.317 e. The fourth-order valence-electron chi connectivity index (χ4n) is 2.84. The lowest BCUT2D eigenvalue weighted by atomic mass is 9.99. The standard InChI is InChI=1S/C17H20N4O3/c22-16(23)14-3-1-9-20(12-14)17(24)18-11-13-4-6-15(7-5-13)21-10-2-8-19-21/h2,4-8,10,14H,1,3,9,11-12H2,(H,18,24)(H,22,23). The van der Waals surface area contributed by atoms with Crippen LogP contribution in [0.1, 0.15) is 18.4 Å². The number of benzene rings is 1. The third-order valence-corrected chi connectivity index (χ3v) is 4.21. The molecule has 0 bridgehead atoms. The van der Waals surface area contributed by atoms with Crippen LogP contribution < -0.4 is 5.32 Å². The fourth-order valence-corrected chi connectivity index (χ4v) is 2.84. The second kappa shape index (κ2) is 7.16. The van der Waals surface area contributed by atoms with Crippen LogP contribution in [0.15, 0.2) is 42.7 Å². The van der Waals surface area contributed by atoms with Crippen LogP contribution in [0.25, 0.3) is 5.69 Å². The number of aromatic nitrogens is 2. The molecule has 126 valence electrons. The molecule has 0 spiro atoms. The highest BCUT2D eigenvalue weighted by Gasteiger charge is 2.27. The van der Waals surface area contributed by atoms with Gasteiger partial charge in [-0.1, -0.05) is 12.1 Å². The van der Waals surface area contributed by atoms with Crippen molar-refractivity contribution in [2.45, 2.75) is 19.4 Å². The second-order valence-corrected chi connectivity index (χ2v) is 5.90. The van der Waals surface area contributed by atoms with Crippen molar-refractivity contribution < 1.29 is 14.7 Å². The minimum absolute atomic E-state index is 0.211. The number of nitrogens with zero attached hydrogens (tertiary/aromatic N) is 3. The molecule has 7 nitrogen and oxygen atoms in total. The van der Waals surface area contributed by atoms with Gasteiger partial charge < -0.3 is 15.3 Å². The number of amides is 2. The van der Waals surface area contributed by atoms with E-state index in [-0.39, 0.29) is 12.6 Å². The molecule has 1 aliphatic heterocycles. The summed E-state index contributed by atoms with van der Waals surface area (Å²) >= 11 is 0. The molecule has 0 aliphatic carbocycles. The number of piperidine rings is 1. The number of hydrogen-bond acceptors (Lipinski definition) is 3. The quantitative estimate of drug-likeness (QED) is 0.897. The van der Waals surface area contributed by atoms with Crippen molar-refractivity contribution in [2.24, 2.45) is 5.92 Å². The van der Waals surface area contributed by atoms with E-state index in [0.29, 0.717) is 19.5 Å². The smallest absolute Gasteiger partial charge is 0.317 e. The summed E-state index contributed by atoms with van der Waals surface area (Å²) < 4.78 is 1.77. The van der Waals surface area contributed by atoms with E-state index < -0.39 is 11.9 Å². The Balaban J connectivity index is 1.53. The summed E-state index contributed by atoms with van der Waals surface area (Å²) in [5.74, 6) is -1.29. The predicted octanol–water partition coefficient (Wildman–Crippen LogP) is 1.88. The Morgan fingerprint density at radius 1 is 1.29 bits per heavy atom. The van der Waals surface area contributed by atoms with E-state index in [1.54, 1.807) is 15.8 Å². The Morgan fingerprint density at radius 3 is 2.75 bits per heavy atom. The lowest BCUT2D eigenvalue weighted by Gasteiger charge is -2.30. The van der Waals surface area contributed by atoms with Crippen molar-refractivity contribution in [1.29, 1.82) is 0 Å². The molecular weight excluding hydrogens is 308 g/mol. The normalized spacial score (nSPS) is 17.5. The van der Waals surface area contributed by atoms with Gasteiger partial charge in [0.2, 0.25) is 0 Å². The molecule has 1 unspecified atom stereocenters. The van der Waals surface area contributed by atoms with Gasteiger partial charge in [-0.05, 0) is 36.6 Å². The van der Waals surface area contributed by atoms with Crippen LogP contribution in [-0.4, -0.2) is 44.9 Å². The number of carbonyl (C=O) groups is 2. The van der Waals surface area contributed by atoms with Crippen LogP contribution in [0.4, 0.5) is 4.79 Å². The van der Waals surface area contributed by atoms with Gasteiger partial charge in [0.25, 0.3) is 0 Å². The van der Waals surface area contributed by atoms with E-state index in [9.17, 15) is 9.59 Å². The molecule has 2 amide bonds. The summed E-state index contributed by atoms with van der Waals surface area (Å²) in [5.41, 5.74) is 1.93. The number of hydrogen-bond donors (Lipinski definition) is 2. The van der Waals surface area contributed by atoms with E-state index in [1.165, 1.54) is 0 Å². The number of rotatable bonds is 4. The maximum atomic E-state index is 12.2. The molecule has 2 N–H and O–H groups in total. The number of carboxylic acids is 1. The Labute approximate surface area is 139 Å². The molecule has 1 aromatic carbocycles. The van der Waals surface area contributed by atoms with Crippen LogP contribution >= 0.6 is 0 Å². The van der Waals surface area contributed by atoms with Crippen molar-refractivity contribution in [3.05, 3.63) is 48.3 Å². The zero-order valence-electron chi connectivity index (χ0n) is 13.3. The van der Waals surface area contributed by atoms with E-state index in [4.69, 9.17) is 5.11 Å². The summed E-state index contributed by atoms with van der Waals surface area (Å²) in [4.78, 5) is 24.9. The van der Waals surface area contributed by atoms with Gasteiger partial charge in [0.05, 0.1) is 11.6 Å². The van der Waals surface area contributed by atoms with Crippen LogP contribution in [0.3, 0.4) is 0 Å². The summed E-state index contributed by atoms with van der Waals surface area (Å²) in [6, 6.07) is 9.40. The first-order valence-electron chi connectivity index (χ1n) is 7.98. The summed E-state index contributed by atoms with van der Waals surface area (Å²) in [6.45, 7) is 1.29. The minimum atomic E-state index is -0.832. The van der Waals surface area contributed by atoms with Gasteiger partial charge >= 0.3 is 12.0 Å². The highest BCUT2D eigenvalue weighted by molar-refractivity contribution is 5.76. The molecule has 24 heavy (non-hydrogen) atoms. The molecule has 2 heterocycles. The average Bonchev–Trinajstić information content (AvgIpc) is 3.15. The monoisotopic (exact) mass is 328 g/mol. The Kier molecular flexibility index (Phi) is 4.79. The average molecular weight is 328 g/mol. The lowest BCUT2D eigenvalue weighted by molar-refractivity contribution is -0.143. The van der Waals surface area contributed by atoms with Gasteiger partial charge in [-0.2, -0.15) is 5.10 Å². The minimum Gasteiger partial charge on any atom is -0.481 e. The van der Waals surface area contributed by atoms with Crippen molar-refractivity contribution >= 4 is 12.0 Å². The highest BCUT2D eigenvalue weighted by Crippen LogP contribution is 2.16. The van der Waals surface area contributed by atoms with E-state index in [0.717, 1.165) is 17.7 Å². The van der Waals surface area contributed by atoms with Gasteiger partial charge in [0.1, 0.15) is 0 Å². The Morgan fingerprint density at radius 2 is 2.08 bits per heavy atom. The molecule has 1 aliphatic rings. The zero-order chi connectivity index (χ0) is 16.9. The molecule has 1 saturated heterocycles. The Bertz CT molecular complexity index is 697.